The van der Waals surface area contributed by atoms with Crippen molar-refractivity contribution in [3.05, 3.63) is 58.6 Å². The Balaban J connectivity index is 2.22. The van der Waals surface area contributed by atoms with E-state index >= 15 is 0 Å². The standard InChI is InChI=1S/C17H19ClN2O/c1-3-11-19-16-9-5-4-7-13(16)17(21)20-15-10-6-8-14(18)12(15)2/h4-10,19H,3,11H2,1-2H3,(H,20,21). The summed E-state index contributed by atoms with van der Waals surface area (Å²) in [6.45, 7) is 4.81. The largest absolute Gasteiger partial charge is 0.384 e. The molecule has 0 spiro atoms. The molecule has 0 aliphatic carbocycles. The van der Waals surface area contributed by atoms with Crippen LogP contribution in [0.15, 0.2) is 42.5 Å². The molecular weight excluding hydrogens is 284 g/mol. The summed E-state index contributed by atoms with van der Waals surface area (Å²) in [5.41, 5.74) is 3.08. The Morgan fingerprint density at radius 2 is 1.81 bits per heavy atom. The molecule has 2 aromatic carbocycles. The number of para-hydroxylation sites is 1. The lowest BCUT2D eigenvalue weighted by atomic mass is 10.1. The molecule has 0 saturated carbocycles. The van der Waals surface area contributed by atoms with Gasteiger partial charge in [0, 0.05) is 22.9 Å². The maximum Gasteiger partial charge on any atom is 0.257 e. The molecule has 0 radical (unpaired) electrons. The third-order valence-electron chi connectivity index (χ3n) is 3.25. The number of carbonyl (C=O) groups is 1. The maximum absolute atomic E-state index is 12.5. The summed E-state index contributed by atoms with van der Waals surface area (Å²) in [4.78, 5) is 12.5. The van der Waals surface area contributed by atoms with Gasteiger partial charge < -0.3 is 10.6 Å². The summed E-state index contributed by atoms with van der Waals surface area (Å²) < 4.78 is 0. The van der Waals surface area contributed by atoms with Crippen LogP contribution in [0.1, 0.15) is 29.3 Å². The van der Waals surface area contributed by atoms with Gasteiger partial charge in [0.05, 0.1) is 5.56 Å². The van der Waals surface area contributed by atoms with Crippen molar-refractivity contribution < 1.29 is 4.79 Å². The third kappa shape index (κ3) is 3.76. The summed E-state index contributed by atoms with van der Waals surface area (Å²) in [6, 6.07) is 13.0. The maximum atomic E-state index is 12.5. The van der Waals surface area contributed by atoms with E-state index in [0.717, 1.165) is 29.9 Å². The van der Waals surface area contributed by atoms with Crippen LogP contribution in [0.25, 0.3) is 0 Å². The molecule has 1 amide bonds. The first-order valence-electron chi connectivity index (χ1n) is 7.03. The van der Waals surface area contributed by atoms with Crippen LogP contribution < -0.4 is 10.6 Å². The zero-order chi connectivity index (χ0) is 15.2. The Hall–Kier alpha value is -2.00. The van der Waals surface area contributed by atoms with Gasteiger partial charge in [0.15, 0.2) is 0 Å². The molecule has 2 aromatic rings. The fourth-order valence-corrected chi connectivity index (χ4v) is 2.20. The van der Waals surface area contributed by atoms with Gasteiger partial charge in [-0.15, -0.1) is 0 Å². The molecular formula is C17H19ClN2O. The van der Waals surface area contributed by atoms with E-state index in [1.807, 2.05) is 49.4 Å². The van der Waals surface area contributed by atoms with Crippen LogP contribution in [0.3, 0.4) is 0 Å². The lowest BCUT2D eigenvalue weighted by Crippen LogP contribution is -2.15. The highest BCUT2D eigenvalue weighted by molar-refractivity contribution is 6.31. The lowest BCUT2D eigenvalue weighted by Gasteiger charge is -2.13. The van der Waals surface area contributed by atoms with Crippen molar-refractivity contribution in [2.45, 2.75) is 20.3 Å². The minimum atomic E-state index is -0.139. The first-order valence-corrected chi connectivity index (χ1v) is 7.40. The SMILES string of the molecule is CCCNc1ccccc1C(=O)Nc1cccc(Cl)c1C. The van der Waals surface area contributed by atoms with Gasteiger partial charge >= 0.3 is 0 Å². The number of anilines is 2. The molecule has 0 atom stereocenters. The quantitative estimate of drug-likeness (QED) is 0.839. The second-order valence-corrected chi connectivity index (χ2v) is 5.25. The number of nitrogens with one attached hydrogen (secondary N) is 2. The number of amides is 1. The van der Waals surface area contributed by atoms with Crippen LogP contribution in [0.2, 0.25) is 5.02 Å². The van der Waals surface area contributed by atoms with E-state index in [0.29, 0.717) is 10.6 Å². The molecule has 0 unspecified atom stereocenters. The highest BCUT2D eigenvalue weighted by Gasteiger charge is 2.12. The minimum Gasteiger partial charge on any atom is -0.384 e. The smallest absolute Gasteiger partial charge is 0.257 e. The molecule has 2 rings (SSSR count). The lowest BCUT2D eigenvalue weighted by molar-refractivity contribution is 0.102. The molecule has 21 heavy (non-hydrogen) atoms. The molecule has 0 heterocycles. The van der Waals surface area contributed by atoms with Gasteiger partial charge in [0.25, 0.3) is 5.91 Å². The summed E-state index contributed by atoms with van der Waals surface area (Å²) in [6.07, 6.45) is 1.00. The Kier molecular flexibility index (Phi) is 5.23. The summed E-state index contributed by atoms with van der Waals surface area (Å²) in [5, 5.41) is 6.83. The first kappa shape index (κ1) is 15.4. The molecule has 2 N–H and O–H groups in total. The second-order valence-electron chi connectivity index (χ2n) is 4.84. The van der Waals surface area contributed by atoms with Crippen LogP contribution in [0, 0.1) is 6.92 Å². The zero-order valence-electron chi connectivity index (χ0n) is 12.2. The van der Waals surface area contributed by atoms with Gasteiger partial charge in [-0.2, -0.15) is 0 Å². The van der Waals surface area contributed by atoms with Gasteiger partial charge in [0.1, 0.15) is 0 Å². The molecule has 0 bridgehead atoms. The van der Waals surface area contributed by atoms with Crippen molar-refractivity contribution in [3.8, 4) is 0 Å². The predicted octanol–water partition coefficient (Wildman–Crippen LogP) is 4.72. The van der Waals surface area contributed by atoms with Gasteiger partial charge in [-0.05, 0) is 43.2 Å². The fourth-order valence-electron chi connectivity index (χ4n) is 2.03. The number of hydrogen-bond donors (Lipinski definition) is 2. The molecule has 0 aliphatic heterocycles. The molecule has 0 saturated heterocycles. The monoisotopic (exact) mass is 302 g/mol. The predicted molar refractivity (Wildman–Crippen MR) is 89.4 cm³/mol. The van der Waals surface area contributed by atoms with Gasteiger partial charge in [-0.1, -0.05) is 36.7 Å². The molecule has 3 nitrogen and oxygen atoms in total. The average Bonchev–Trinajstić information content (AvgIpc) is 2.50. The van der Waals surface area contributed by atoms with Crippen molar-refractivity contribution >= 4 is 28.9 Å². The molecule has 0 aromatic heterocycles. The van der Waals surface area contributed by atoms with Crippen molar-refractivity contribution in [2.75, 3.05) is 17.2 Å². The second kappa shape index (κ2) is 7.14. The van der Waals surface area contributed by atoms with Gasteiger partial charge in [-0.3, -0.25) is 4.79 Å². The van der Waals surface area contributed by atoms with Crippen LogP contribution in [0.4, 0.5) is 11.4 Å². The molecule has 110 valence electrons. The zero-order valence-corrected chi connectivity index (χ0v) is 13.0. The number of hydrogen-bond acceptors (Lipinski definition) is 2. The van der Waals surface area contributed by atoms with Crippen molar-refractivity contribution in [1.29, 1.82) is 0 Å². The molecule has 0 fully saturated rings. The van der Waals surface area contributed by atoms with E-state index in [1.54, 1.807) is 0 Å². The van der Waals surface area contributed by atoms with E-state index in [9.17, 15) is 4.79 Å². The van der Waals surface area contributed by atoms with E-state index in [2.05, 4.69) is 17.6 Å². The Morgan fingerprint density at radius 1 is 1.10 bits per heavy atom. The Bertz CT molecular complexity index is 640. The Morgan fingerprint density at radius 3 is 2.57 bits per heavy atom. The van der Waals surface area contributed by atoms with Crippen molar-refractivity contribution in [1.82, 2.24) is 0 Å². The third-order valence-corrected chi connectivity index (χ3v) is 3.66. The van der Waals surface area contributed by atoms with E-state index in [1.165, 1.54) is 0 Å². The van der Waals surface area contributed by atoms with E-state index in [-0.39, 0.29) is 5.91 Å². The van der Waals surface area contributed by atoms with E-state index in [4.69, 9.17) is 11.6 Å². The van der Waals surface area contributed by atoms with Crippen LogP contribution in [-0.4, -0.2) is 12.5 Å². The first-order chi connectivity index (χ1) is 10.1. The number of carbonyl (C=O) groups excluding carboxylic acids is 1. The topological polar surface area (TPSA) is 41.1 Å². The fraction of sp³-hybridized carbons (Fsp3) is 0.235. The minimum absolute atomic E-state index is 0.139. The van der Waals surface area contributed by atoms with Crippen LogP contribution >= 0.6 is 11.6 Å². The average molecular weight is 303 g/mol. The highest BCUT2D eigenvalue weighted by atomic mass is 35.5. The summed E-state index contributed by atoms with van der Waals surface area (Å²) in [5.74, 6) is -0.139. The number of rotatable bonds is 5. The summed E-state index contributed by atoms with van der Waals surface area (Å²) >= 11 is 6.08. The number of benzene rings is 2. The van der Waals surface area contributed by atoms with Crippen LogP contribution in [-0.2, 0) is 0 Å². The Labute approximate surface area is 130 Å². The normalized spacial score (nSPS) is 10.2. The molecule has 4 heteroatoms. The van der Waals surface area contributed by atoms with E-state index < -0.39 is 0 Å². The number of halogens is 1. The van der Waals surface area contributed by atoms with Crippen molar-refractivity contribution in [3.63, 3.8) is 0 Å². The van der Waals surface area contributed by atoms with Crippen molar-refractivity contribution in [2.24, 2.45) is 0 Å². The van der Waals surface area contributed by atoms with Gasteiger partial charge in [0.2, 0.25) is 0 Å². The van der Waals surface area contributed by atoms with Crippen LogP contribution in [0.5, 0.6) is 0 Å². The van der Waals surface area contributed by atoms with Gasteiger partial charge in [-0.25, -0.2) is 0 Å². The highest BCUT2D eigenvalue weighted by Crippen LogP contribution is 2.24. The molecule has 0 aliphatic rings. The summed E-state index contributed by atoms with van der Waals surface area (Å²) in [7, 11) is 0.